The van der Waals surface area contributed by atoms with E-state index in [1.54, 1.807) is 42.5 Å². The van der Waals surface area contributed by atoms with Crippen LogP contribution in [0.5, 0.6) is 0 Å². The summed E-state index contributed by atoms with van der Waals surface area (Å²) in [4.78, 5) is 13.6. The number of allylic oxidation sites excluding steroid dienone is 2. The molecule has 0 saturated heterocycles. The molecule has 2 aromatic carbocycles. The van der Waals surface area contributed by atoms with Gasteiger partial charge < -0.3 is 0 Å². The van der Waals surface area contributed by atoms with Gasteiger partial charge in [-0.25, -0.2) is 25.4 Å². The fourth-order valence-electron chi connectivity index (χ4n) is 3.67. The van der Waals surface area contributed by atoms with Gasteiger partial charge in [0, 0.05) is 39.3 Å². The van der Waals surface area contributed by atoms with Crippen LogP contribution in [0.3, 0.4) is 0 Å². The normalized spacial score (nSPS) is 20.0. The van der Waals surface area contributed by atoms with Crippen molar-refractivity contribution in [1.29, 1.82) is 0 Å². The van der Waals surface area contributed by atoms with Gasteiger partial charge in [0.1, 0.15) is 0 Å². The number of carbonyl (C=O) groups is 1. The summed E-state index contributed by atoms with van der Waals surface area (Å²) in [7, 11) is -1.09. The Morgan fingerprint density at radius 2 is 1.15 bits per heavy atom. The molecule has 0 unspecified atom stereocenters. The highest BCUT2D eigenvalue weighted by molar-refractivity contribution is 7.89. The van der Waals surface area contributed by atoms with E-state index in [4.69, 9.17) is 0 Å². The van der Waals surface area contributed by atoms with Crippen molar-refractivity contribution in [3.63, 3.8) is 0 Å². The summed E-state index contributed by atoms with van der Waals surface area (Å²) >= 11 is 0. The van der Waals surface area contributed by atoms with Crippen molar-refractivity contribution >= 4 is 38.0 Å². The first kappa shape index (κ1) is 26.0. The molecule has 7 nitrogen and oxygen atoms in total. The van der Waals surface area contributed by atoms with Crippen LogP contribution in [0, 0.1) is 5.92 Å². The highest BCUT2D eigenvalue weighted by Crippen LogP contribution is 2.33. The number of sulfonamides is 2. The summed E-state index contributed by atoms with van der Waals surface area (Å²) in [5, 5.41) is 0. The van der Waals surface area contributed by atoms with Crippen LogP contribution in [0.4, 0.5) is 0 Å². The summed E-state index contributed by atoms with van der Waals surface area (Å²) in [5.41, 5.74) is 2.85. The molecule has 0 bridgehead atoms. The first-order chi connectivity index (χ1) is 15.8. The van der Waals surface area contributed by atoms with Crippen molar-refractivity contribution in [2.24, 2.45) is 5.92 Å². The molecule has 1 saturated carbocycles. The van der Waals surface area contributed by atoms with E-state index in [9.17, 15) is 21.6 Å². The molecule has 2 aromatic rings. The molecule has 0 heterocycles. The Balaban J connectivity index is 1.87. The average molecular weight is 503 g/mol. The lowest BCUT2D eigenvalue weighted by Gasteiger charge is -2.23. The predicted molar refractivity (Wildman–Crippen MR) is 134 cm³/mol. The lowest BCUT2D eigenvalue weighted by Crippen LogP contribution is -2.22. The van der Waals surface area contributed by atoms with E-state index in [2.05, 4.69) is 0 Å². The lowest BCUT2D eigenvalue weighted by atomic mass is 9.80. The van der Waals surface area contributed by atoms with Gasteiger partial charge in [-0.05, 0) is 66.3 Å². The monoisotopic (exact) mass is 502 g/mol. The van der Waals surface area contributed by atoms with Crippen LogP contribution in [0.1, 0.15) is 30.9 Å². The Morgan fingerprint density at radius 3 is 1.56 bits per heavy atom. The summed E-state index contributed by atoms with van der Waals surface area (Å²) in [6, 6.07) is 13.0. The molecular formula is C25H30N2O5S2. The van der Waals surface area contributed by atoms with Crippen LogP contribution < -0.4 is 0 Å². The molecule has 1 aliphatic rings. The number of ketones is 1. The number of carbonyl (C=O) groups excluding carboxylic acids is 1. The van der Waals surface area contributed by atoms with Crippen LogP contribution >= 0.6 is 0 Å². The van der Waals surface area contributed by atoms with Gasteiger partial charge in [-0.15, -0.1) is 0 Å². The molecule has 9 heteroatoms. The minimum atomic E-state index is -3.51. The standard InChI is InChI=1S/C25H30N2O5S2/c1-18-6-11-21(16-19-7-12-22(13-8-19)33(29,30)26(2)3)25(28)24(18)17-20-9-14-23(15-10-20)34(31,32)27(4)5/h7-10,12-18H,6,11H2,1-5H3/b21-16+,24-17+/t18-/m1/s1. The number of hydrogen-bond acceptors (Lipinski definition) is 5. The zero-order valence-corrected chi connectivity index (χ0v) is 21.7. The topological polar surface area (TPSA) is 91.8 Å². The highest BCUT2D eigenvalue weighted by atomic mass is 32.2. The third kappa shape index (κ3) is 5.38. The second-order valence-electron chi connectivity index (χ2n) is 8.75. The molecule has 0 spiro atoms. The number of nitrogens with zero attached hydrogens (tertiary/aromatic N) is 2. The minimum Gasteiger partial charge on any atom is -0.289 e. The molecule has 0 N–H and O–H groups in total. The molecule has 1 fully saturated rings. The van der Waals surface area contributed by atoms with E-state index in [1.165, 1.54) is 40.3 Å². The predicted octanol–water partition coefficient (Wildman–Crippen LogP) is 3.65. The van der Waals surface area contributed by atoms with Gasteiger partial charge in [0.15, 0.2) is 5.78 Å². The summed E-state index contributed by atoms with van der Waals surface area (Å²) in [6.45, 7) is 2.01. The van der Waals surface area contributed by atoms with E-state index in [0.29, 0.717) is 17.6 Å². The smallest absolute Gasteiger partial charge is 0.242 e. The minimum absolute atomic E-state index is 0.0475. The molecule has 34 heavy (non-hydrogen) atoms. The van der Waals surface area contributed by atoms with E-state index in [-0.39, 0.29) is 21.5 Å². The Hall–Kier alpha value is -2.59. The second kappa shape index (κ2) is 9.95. The molecule has 3 rings (SSSR count). The van der Waals surface area contributed by atoms with Gasteiger partial charge in [0.25, 0.3) is 0 Å². The maximum atomic E-state index is 13.2. The third-order valence-corrected chi connectivity index (χ3v) is 9.57. The number of hydrogen-bond donors (Lipinski definition) is 0. The van der Waals surface area contributed by atoms with Crippen LogP contribution in [0.25, 0.3) is 12.2 Å². The maximum absolute atomic E-state index is 13.2. The fraction of sp³-hybridized carbons (Fsp3) is 0.320. The second-order valence-corrected chi connectivity index (χ2v) is 13.1. The quantitative estimate of drug-likeness (QED) is 0.562. The van der Waals surface area contributed by atoms with Crippen molar-refractivity contribution in [1.82, 2.24) is 8.61 Å². The van der Waals surface area contributed by atoms with Crippen LogP contribution in [-0.4, -0.2) is 59.4 Å². The van der Waals surface area contributed by atoms with Gasteiger partial charge in [-0.1, -0.05) is 31.2 Å². The summed E-state index contributed by atoms with van der Waals surface area (Å²) in [6.07, 6.45) is 5.07. The Bertz CT molecular complexity index is 1340. The number of benzene rings is 2. The van der Waals surface area contributed by atoms with Gasteiger partial charge in [0.2, 0.25) is 20.0 Å². The first-order valence-electron chi connectivity index (χ1n) is 10.9. The van der Waals surface area contributed by atoms with Gasteiger partial charge in [0.05, 0.1) is 9.79 Å². The van der Waals surface area contributed by atoms with Crippen molar-refractivity contribution in [2.75, 3.05) is 28.2 Å². The van der Waals surface area contributed by atoms with Crippen molar-refractivity contribution in [3.05, 3.63) is 70.8 Å². The van der Waals surface area contributed by atoms with Crippen LogP contribution in [0.2, 0.25) is 0 Å². The molecule has 0 radical (unpaired) electrons. The largest absolute Gasteiger partial charge is 0.289 e. The Labute approximate surface area is 202 Å². The zero-order chi connectivity index (χ0) is 25.3. The molecule has 0 amide bonds. The number of Topliss-reactive ketones (excluding diaryl/α,β-unsaturated/α-hetero) is 1. The number of rotatable bonds is 6. The summed E-state index contributed by atoms with van der Waals surface area (Å²) in [5.74, 6) is 0.0242. The molecule has 0 aromatic heterocycles. The molecule has 182 valence electrons. The van der Waals surface area contributed by atoms with Crippen LogP contribution in [-0.2, 0) is 24.8 Å². The van der Waals surface area contributed by atoms with Gasteiger partial charge in [-0.3, -0.25) is 4.79 Å². The molecule has 0 aliphatic heterocycles. The Morgan fingerprint density at radius 1 is 0.735 bits per heavy atom. The lowest BCUT2D eigenvalue weighted by molar-refractivity contribution is -0.113. The molecular weight excluding hydrogens is 472 g/mol. The first-order valence-corrected chi connectivity index (χ1v) is 13.7. The molecule has 1 atom stereocenters. The maximum Gasteiger partial charge on any atom is 0.242 e. The third-order valence-electron chi connectivity index (χ3n) is 5.91. The van der Waals surface area contributed by atoms with E-state index >= 15 is 0 Å². The van der Waals surface area contributed by atoms with E-state index < -0.39 is 20.0 Å². The zero-order valence-electron chi connectivity index (χ0n) is 20.0. The van der Waals surface area contributed by atoms with Gasteiger partial charge >= 0.3 is 0 Å². The Kier molecular flexibility index (Phi) is 7.62. The van der Waals surface area contributed by atoms with Crippen LogP contribution in [0.15, 0.2) is 69.5 Å². The van der Waals surface area contributed by atoms with Gasteiger partial charge in [-0.2, -0.15) is 0 Å². The average Bonchev–Trinajstić information content (AvgIpc) is 2.79. The van der Waals surface area contributed by atoms with Crippen molar-refractivity contribution < 1.29 is 21.6 Å². The van der Waals surface area contributed by atoms with E-state index in [1.807, 2.05) is 13.0 Å². The highest BCUT2D eigenvalue weighted by Gasteiger charge is 2.26. The van der Waals surface area contributed by atoms with Crippen molar-refractivity contribution in [2.45, 2.75) is 29.6 Å². The fourth-order valence-corrected chi connectivity index (χ4v) is 5.47. The van der Waals surface area contributed by atoms with Crippen molar-refractivity contribution in [3.8, 4) is 0 Å². The van der Waals surface area contributed by atoms with E-state index in [0.717, 1.165) is 26.2 Å². The molecule has 1 aliphatic carbocycles. The SMILES string of the molecule is C[C@@H]1CC/C(=C\c2ccc(S(=O)(=O)N(C)C)cc2)C(=O)/C1=C/c1ccc(S(=O)(=O)N(C)C)cc1. The summed E-state index contributed by atoms with van der Waals surface area (Å²) < 4.78 is 51.4.